The van der Waals surface area contributed by atoms with Gasteiger partial charge in [-0.15, -0.1) is 0 Å². The highest BCUT2D eigenvalue weighted by Gasteiger charge is 2.14. The van der Waals surface area contributed by atoms with Crippen molar-refractivity contribution < 1.29 is 9.53 Å². The number of para-hydroxylation sites is 1. The first-order valence-corrected chi connectivity index (χ1v) is 8.87. The number of aryl methyl sites for hydroxylation is 2. The fraction of sp³-hybridized carbons (Fsp3) is 0.353. The van der Waals surface area contributed by atoms with E-state index in [0.717, 1.165) is 16.0 Å². The van der Waals surface area contributed by atoms with E-state index in [-0.39, 0.29) is 5.91 Å². The van der Waals surface area contributed by atoms with Crippen molar-refractivity contribution in [3.05, 3.63) is 41.0 Å². The second-order valence-corrected chi connectivity index (χ2v) is 6.12. The van der Waals surface area contributed by atoms with Crippen molar-refractivity contribution in [3.63, 3.8) is 0 Å². The number of nitrogens with zero attached hydrogens (tertiary/aromatic N) is 4. The van der Waals surface area contributed by atoms with Crippen LogP contribution in [-0.2, 0) is 13.1 Å². The van der Waals surface area contributed by atoms with Gasteiger partial charge >= 0.3 is 0 Å². The minimum absolute atomic E-state index is 0.277. The van der Waals surface area contributed by atoms with Crippen LogP contribution in [0.5, 0.6) is 5.75 Å². The number of amides is 1. The molecule has 7 heteroatoms. The number of fused-ring (bicyclic) bond motifs is 1. The Kier molecular flexibility index (Phi) is 4.80. The van der Waals surface area contributed by atoms with Crippen LogP contribution in [-0.4, -0.2) is 26.9 Å². The Labute approximate surface area is 144 Å². The molecule has 0 aliphatic rings. The van der Waals surface area contributed by atoms with Gasteiger partial charge in [0.05, 0.1) is 11.3 Å². The summed E-state index contributed by atoms with van der Waals surface area (Å²) in [6, 6.07) is 7.63. The van der Waals surface area contributed by atoms with Crippen LogP contribution in [0.4, 0.5) is 0 Å². The van der Waals surface area contributed by atoms with Gasteiger partial charge in [-0.05, 0) is 39.0 Å². The lowest BCUT2D eigenvalue weighted by molar-refractivity contribution is 0.0987. The van der Waals surface area contributed by atoms with E-state index in [9.17, 15) is 4.79 Å². The van der Waals surface area contributed by atoms with Crippen LogP contribution >= 0.6 is 11.3 Å². The third kappa shape index (κ3) is 2.87. The lowest BCUT2D eigenvalue weighted by Crippen LogP contribution is -2.17. The fourth-order valence-electron chi connectivity index (χ4n) is 2.66. The van der Waals surface area contributed by atoms with Crippen LogP contribution in [0.25, 0.3) is 10.2 Å². The number of thiazole rings is 1. The summed E-state index contributed by atoms with van der Waals surface area (Å²) in [4.78, 5) is 17.6. The number of aromatic nitrogens is 3. The highest BCUT2D eigenvalue weighted by Crippen LogP contribution is 2.27. The van der Waals surface area contributed by atoms with Crippen LogP contribution in [0.3, 0.4) is 0 Å². The third-order valence-corrected chi connectivity index (χ3v) is 4.76. The average molecular weight is 344 g/mol. The molecule has 0 fully saturated rings. The van der Waals surface area contributed by atoms with Crippen molar-refractivity contribution in [2.24, 2.45) is 4.99 Å². The molecule has 0 N–H and O–H groups in total. The van der Waals surface area contributed by atoms with E-state index >= 15 is 0 Å². The molecule has 0 saturated heterocycles. The fourth-order valence-corrected chi connectivity index (χ4v) is 3.77. The Balaban J connectivity index is 2.16. The van der Waals surface area contributed by atoms with Crippen LogP contribution < -0.4 is 9.54 Å². The molecule has 0 atom stereocenters. The number of ether oxygens (including phenoxy) is 1. The maximum absolute atomic E-state index is 12.5. The van der Waals surface area contributed by atoms with Gasteiger partial charge < -0.3 is 9.30 Å². The summed E-state index contributed by atoms with van der Waals surface area (Å²) in [7, 11) is 0. The molecular weight excluding hydrogens is 324 g/mol. The molecule has 24 heavy (non-hydrogen) atoms. The number of rotatable bonds is 5. The van der Waals surface area contributed by atoms with E-state index < -0.39 is 0 Å². The van der Waals surface area contributed by atoms with Gasteiger partial charge in [-0.25, -0.2) is 0 Å². The Morgan fingerprint density at radius 3 is 2.79 bits per heavy atom. The Morgan fingerprint density at radius 1 is 1.25 bits per heavy atom. The van der Waals surface area contributed by atoms with Crippen LogP contribution in [0.1, 0.15) is 31.3 Å². The smallest absolute Gasteiger partial charge is 0.297 e. The molecule has 0 spiro atoms. The van der Waals surface area contributed by atoms with E-state index in [1.165, 1.54) is 11.3 Å². The van der Waals surface area contributed by atoms with Crippen LogP contribution in [0.2, 0.25) is 0 Å². The second-order valence-electron chi connectivity index (χ2n) is 5.11. The molecule has 1 aromatic carbocycles. The lowest BCUT2D eigenvalue weighted by atomic mass is 10.3. The Hall–Kier alpha value is -2.41. The number of hydrogen-bond acceptors (Lipinski definition) is 4. The summed E-state index contributed by atoms with van der Waals surface area (Å²) in [5, 5.41) is 4.13. The van der Waals surface area contributed by atoms with Gasteiger partial charge in [-0.1, -0.05) is 17.4 Å². The average Bonchev–Trinajstić information content (AvgIpc) is 3.19. The molecule has 3 rings (SSSR count). The second kappa shape index (κ2) is 7.00. The number of hydrogen-bond donors (Lipinski definition) is 0. The summed E-state index contributed by atoms with van der Waals surface area (Å²) in [5.41, 5.74) is 1.49. The van der Waals surface area contributed by atoms with E-state index in [4.69, 9.17) is 4.74 Å². The van der Waals surface area contributed by atoms with Crippen LogP contribution in [0.15, 0.2) is 35.5 Å². The number of benzene rings is 1. The maximum Gasteiger partial charge on any atom is 0.297 e. The predicted molar refractivity (Wildman–Crippen MR) is 94.5 cm³/mol. The largest absolute Gasteiger partial charge is 0.492 e. The summed E-state index contributed by atoms with van der Waals surface area (Å²) >= 11 is 1.49. The van der Waals surface area contributed by atoms with Crippen molar-refractivity contribution in [2.75, 3.05) is 6.61 Å². The molecule has 0 radical (unpaired) electrons. The van der Waals surface area contributed by atoms with Crippen molar-refractivity contribution in [3.8, 4) is 5.75 Å². The van der Waals surface area contributed by atoms with E-state index in [1.54, 1.807) is 16.9 Å². The molecule has 6 nitrogen and oxygen atoms in total. The Morgan fingerprint density at radius 2 is 2.08 bits per heavy atom. The SMILES string of the molecule is CCOc1cccc2sc(=NC(=O)c3ccnn3CC)n(CC)c12. The van der Waals surface area contributed by atoms with E-state index in [2.05, 4.69) is 10.1 Å². The van der Waals surface area contributed by atoms with Crippen molar-refractivity contribution in [1.82, 2.24) is 14.3 Å². The molecule has 0 saturated carbocycles. The third-order valence-electron chi connectivity index (χ3n) is 3.71. The number of carbonyl (C=O) groups excluding carboxylic acids is 1. The molecule has 126 valence electrons. The first kappa shape index (κ1) is 16.4. The molecule has 1 amide bonds. The van der Waals surface area contributed by atoms with Gasteiger partial charge in [-0.3, -0.25) is 9.48 Å². The van der Waals surface area contributed by atoms with Gasteiger partial charge in [-0.2, -0.15) is 10.1 Å². The molecule has 0 bridgehead atoms. The highest BCUT2D eigenvalue weighted by atomic mass is 32.1. The molecule has 0 aliphatic heterocycles. The van der Waals surface area contributed by atoms with Gasteiger partial charge in [0.2, 0.25) is 0 Å². The lowest BCUT2D eigenvalue weighted by Gasteiger charge is -2.07. The minimum Gasteiger partial charge on any atom is -0.492 e. The summed E-state index contributed by atoms with van der Waals surface area (Å²) < 4.78 is 10.5. The molecule has 0 aliphatic carbocycles. The quantitative estimate of drug-likeness (QED) is 0.714. The zero-order chi connectivity index (χ0) is 17.1. The van der Waals surface area contributed by atoms with Crippen molar-refractivity contribution in [2.45, 2.75) is 33.9 Å². The van der Waals surface area contributed by atoms with Gasteiger partial charge in [0, 0.05) is 19.3 Å². The van der Waals surface area contributed by atoms with E-state index in [1.807, 2.05) is 43.5 Å². The molecule has 2 heterocycles. The van der Waals surface area contributed by atoms with Crippen LogP contribution in [0, 0.1) is 0 Å². The maximum atomic E-state index is 12.5. The van der Waals surface area contributed by atoms with E-state index in [0.29, 0.717) is 30.2 Å². The van der Waals surface area contributed by atoms with Gasteiger partial charge in [0.25, 0.3) is 5.91 Å². The standard InChI is InChI=1S/C17H20N4O2S/c1-4-20-15-13(23-6-3)8-7-9-14(15)24-17(20)19-16(22)12-10-11-18-21(12)5-2/h7-11H,4-6H2,1-3H3. The zero-order valence-electron chi connectivity index (χ0n) is 14.0. The van der Waals surface area contributed by atoms with Gasteiger partial charge in [0.15, 0.2) is 4.80 Å². The van der Waals surface area contributed by atoms with Crippen molar-refractivity contribution >= 4 is 27.5 Å². The highest BCUT2D eigenvalue weighted by molar-refractivity contribution is 7.16. The topological polar surface area (TPSA) is 61.4 Å². The first-order chi connectivity index (χ1) is 11.7. The molecule has 0 unspecified atom stereocenters. The Bertz CT molecular complexity index is 936. The normalized spacial score (nSPS) is 12.0. The monoisotopic (exact) mass is 344 g/mol. The zero-order valence-corrected chi connectivity index (χ0v) is 14.8. The summed E-state index contributed by atoms with van der Waals surface area (Å²) in [6.07, 6.45) is 1.62. The summed E-state index contributed by atoms with van der Waals surface area (Å²) in [6.45, 7) is 7.89. The minimum atomic E-state index is -0.277. The molecule has 2 aromatic heterocycles. The molecule has 3 aromatic rings. The first-order valence-electron chi connectivity index (χ1n) is 8.05. The molecular formula is C17H20N4O2S. The van der Waals surface area contributed by atoms with Crippen molar-refractivity contribution in [1.29, 1.82) is 0 Å². The van der Waals surface area contributed by atoms with Gasteiger partial charge in [0.1, 0.15) is 17.0 Å². The predicted octanol–water partition coefficient (Wildman–Crippen LogP) is 3.08. The number of carbonyl (C=O) groups is 1. The summed E-state index contributed by atoms with van der Waals surface area (Å²) in [5.74, 6) is 0.543.